The Kier molecular flexibility index (Phi) is 40.4. The van der Waals surface area contributed by atoms with Gasteiger partial charge in [-0.2, -0.15) is 11.8 Å². The van der Waals surface area contributed by atoms with Gasteiger partial charge in [0.1, 0.15) is 11.7 Å². The van der Waals surface area contributed by atoms with Gasteiger partial charge in [-0.3, -0.25) is 18.4 Å². The predicted molar refractivity (Wildman–Crippen MR) is 271 cm³/mol. The third-order valence-electron chi connectivity index (χ3n) is 9.01. The lowest BCUT2D eigenvalue weighted by atomic mass is 10.1. The second kappa shape index (κ2) is 42.0. The van der Waals surface area contributed by atoms with E-state index in [2.05, 4.69) is 91.7 Å². The Labute approximate surface area is 395 Å². The lowest BCUT2D eigenvalue weighted by Crippen LogP contribution is -2.34. The average molecular weight is 938 g/mol. The smallest absolute Gasteiger partial charge is 0.457 e. The molecule has 370 valence electrons. The van der Waals surface area contributed by atoms with E-state index in [-0.39, 0.29) is 32.8 Å². The highest BCUT2D eigenvalue weighted by molar-refractivity contribution is 7.99. The summed E-state index contributed by atoms with van der Waals surface area (Å²) in [4.78, 5) is 25.0. The van der Waals surface area contributed by atoms with Gasteiger partial charge in [-0.05, 0) is 117 Å². The Balaban J connectivity index is 4.89. The minimum absolute atomic E-state index is 0.0180. The first-order chi connectivity index (χ1) is 30.7. The topological polar surface area (TPSA) is 119 Å². The van der Waals surface area contributed by atoms with Crippen LogP contribution in [0.15, 0.2) is 72.9 Å². The summed E-state index contributed by atoms with van der Waals surface area (Å²) in [6.45, 7) is 15.1. The number of esters is 1. The number of alkyl carbamates (subject to hydrolysis) is 1. The second-order valence-electron chi connectivity index (χ2n) is 17.9. The zero-order valence-electron chi connectivity index (χ0n) is 41.6. The van der Waals surface area contributed by atoms with Crippen LogP contribution in [-0.4, -0.2) is 73.8 Å². The Hall–Kier alpha value is -2.40. The van der Waals surface area contributed by atoms with Gasteiger partial charge in [-0.15, -0.1) is 0 Å². The molecule has 0 spiro atoms. The van der Waals surface area contributed by atoms with Crippen molar-refractivity contribution in [2.75, 3.05) is 44.5 Å². The van der Waals surface area contributed by atoms with Crippen molar-refractivity contribution in [3.8, 4) is 0 Å². The number of hydrogen-bond donors (Lipinski definition) is 1. The molecule has 0 aliphatic carbocycles. The number of rotatable bonds is 41. The maximum atomic E-state index is 13.8. The third-order valence-corrected chi connectivity index (χ3v) is 11.9. The molecule has 0 aliphatic heterocycles. The summed E-state index contributed by atoms with van der Waals surface area (Å²) in [5, 5.41) is 2.57. The molecule has 0 aromatic heterocycles. The van der Waals surface area contributed by atoms with Crippen LogP contribution < -0.4 is 5.32 Å². The van der Waals surface area contributed by atoms with Crippen LogP contribution in [-0.2, 0) is 37.1 Å². The van der Waals surface area contributed by atoms with Crippen LogP contribution in [0.3, 0.4) is 0 Å². The van der Waals surface area contributed by atoms with Gasteiger partial charge in [0.25, 0.3) is 0 Å². The standard InChI is InChI=1S/C52H92NO9PS/c1-9-11-13-15-17-18-19-20-21-22-23-24-25-26-27-28-29-32-36-40-49(54)60-48(46-57-42-37-33-30-31-35-39-45-64-44-38-34-16-14-12-10-2)47-59-63(56,62-52(6,7)8)58-43-41-53-50(55)61-51(3,4)5/h11,13,17-18,20-21,23-24,26-27,29,32,48H,9-10,12,14-16,19,22,25,28,30-31,33-47H2,1-8H3,(H,53,55)/b13-11-,18-17-,21-20-,24-23-,27-26-,32-29-/t48-,63?/m1/s1. The zero-order chi connectivity index (χ0) is 47.5. The summed E-state index contributed by atoms with van der Waals surface area (Å²) in [6, 6.07) is 0. The van der Waals surface area contributed by atoms with E-state index in [1.165, 1.54) is 69.3 Å². The summed E-state index contributed by atoms with van der Waals surface area (Å²) < 4.78 is 47.8. The van der Waals surface area contributed by atoms with Crippen LogP contribution in [0.5, 0.6) is 0 Å². The van der Waals surface area contributed by atoms with Crippen LogP contribution in [0.2, 0.25) is 0 Å². The van der Waals surface area contributed by atoms with Crippen LogP contribution in [0.1, 0.15) is 184 Å². The number of unbranched alkanes of at least 4 members (excludes halogenated alkanes) is 10. The molecule has 0 rings (SSSR count). The molecule has 1 N–H and O–H groups in total. The van der Waals surface area contributed by atoms with Gasteiger partial charge < -0.3 is 19.5 Å². The number of allylic oxidation sites excluding steroid dienone is 12. The summed E-state index contributed by atoms with van der Waals surface area (Å²) in [5.74, 6) is 2.13. The average Bonchev–Trinajstić information content (AvgIpc) is 3.22. The van der Waals surface area contributed by atoms with Gasteiger partial charge in [0.05, 0.1) is 25.4 Å². The molecule has 0 aromatic rings. The number of nitrogens with one attached hydrogen (secondary N) is 1. The van der Waals surface area contributed by atoms with E-state index in [9.17, 15) is 14.2 Å². The predicted octanol–water partition coefficient (Wildman–Crippen LogP) is 15.3. The van der Waals surface area contributed by atoms with Gasteiger partial charge in [0.15, 0.2) is 0 Å². The molecule has 0 aromatic carbocycles. The Bertz CT molecular complexity index is 1360. The fourth-order valence-electron chi connectivity index (χ4n) is 5.84. The number of thioether (sulfide) groups is 1. The molecule has 0 fully saturated rings. The quantitative estimate of drug-likeness (QED) is 0.0275. The molecule has 0 radical (unpaired) electrons. The normalized spacial score (nSPS) is 14.2. The highest BCUT2D eigenvalue weighted by Gasteiger charge is 2.34. The van der Waals surface area contributed by atoms with E-state index in [0.717, 1.165) is 57.8 Å². The molecule has 1 amide bonds. The number of hydrogen-bond acceptors (Lipinski definition) is 10. The van der Waals surface area contributed by atoms with Crippen LogP contribution in [0.4, 0.5) is 4.79 Å². The van der Waals surface area contributed by atoms with Crippen molar-refractivity contribution in [2.45, 2.75) is 201 Å². The SMILES string of the molecule is CC/C=C\C/C=C\C/C=C\C/C=C\C/C=C\C/C=C\CCC(=O)O[C@H](COCCCCCCCCSCCCCCCCC)COP(=O)(OCCNC(=O)OC(C)(C)C)OC(C)(C)C. The molecular weight excluding hydrogens is 846 g/mol. The highest BCUT2D eigenvalue weighted by Crippen LogP contribution is 2.52. The molecule has 2 atom stereocenters. The van der Waals surface area contributed by atoms with E-state index >= 15 is 0 Å². The first-order valence-electron chi connectivity index (χ1n) is 24.5. The van der Waals surface area contributed by atoms with Crippen LogP contribution in [0, 0.1) is 0 Å². The minimum Gasteiger partial charge on any atom is -0.457 e. The van der Waals surface area contributed by atoms with E-state index in [1.54, 1.807) is 41.5 Å². The number of ether oxygens (including phenoxy) is 3. The number of phosphoric acid groups is 1. The number of amides is 1. The fourth-order valence-corrected chi connectivity index (χ4v) is 8.38. The molecule has 10 nitrogen and oxygen atoms in total. The minimum atomic E-state index is -4.14. The first-order valence-corrected chi connectivity index (χ1v) is 27.1. The Morgan fingerprint density at radius 3 is 1.61 bits per heavy atom. The van der Waals surface area contributed by atoms with E-state index < -0.39 is 37.2 Å². The summed E-state index contributed by atoms with van der Waals surface area (Å²) in [6.07, 6.45) is 45.7. The summed E-state index contributed by atoms with van der Waals surface area (Å²) in [5.41, 5.74) is -1.53. The van der Waals surface area contributed by atoms with Crippen molar-refractivity contribution in [1.29, 1.82) is 0 Å². The molecule has 0 bridgehead atoms. The van der Waals surface area contributed by atoms with Gasteiger partial charge in [0, 0.05) is 19.6 Å². The maximum Gasteiger partial charge on any atom is 0.475 e. The number of carbonyl (C=O) groups excluding carboxylic acids is 2. The van der Waals surface area contributed by atoms with Crippen molar-refractivity contribution < 1.29 is 41.9 Å². The summed E-state index contributed by atoms with van der Waals surface area (Å²) >= 11 is 2.10. The van der Waals surface area contributed by atoms with Gasteiger partial charge in [-0.1, -0.05) is 145 Å². The fraction of sp³-hybridized carbons (Fsp3) is 0.731. The van der Waals surface area contributed by atoms with Gasteiger partial charge >= 0.3 is 19.9 Å². The Morgan fingerprint density at radius 2 is 1.09 bits per heavy atom. The lowest BCUT2D eigenvalue weighted by Gasteiger charge is -2.27. The maximum absolute atomic E-state index is 13.8. The monoisotopic (exact) mass is 938 g/mol. The van der Waals surface area contributed by atoms with Crippen molar-refractivity contribution in [2.24, 2.45) is 0 Å². The molecule has 0 saturated carbocycles. The summed E-state index contributed by atoms with van der Waals surface area (Å²) in [7, 11) is -4.14. The van der Waals surface area contributed by atoms with Crippen molar-refractivity contribution >= 4 is 31.6 Å². The third kappa shape index (κ3) is 46.1. The molecule has 0 saturated heterocycles. The van der Waals surface area contributed by atoms with Gasteiger partial charge in [0.2, 0.25) is 0 Å². The molecule has 12 heteroatoms. The van der Waals surface area contributed by atoms with E-state index in [0.29, 0.717) is 13.0 Å². The Morgan fingerprint density at radius 1 is 0.594 bits per heavy atom. The first kappa shape index (κ1) is 61.6. The number of carbonyl (C=O) groups is 2. The molecule has 1 unspecified atom stereocenters. The number of phosphoric ester groups is 1. The van der Waals surface area contributed by atoms with Crippen LogP contribution in [0.25, 0.3) is 0 Å². The van der Waals surface area contributed by atoms with Crippen molar-refractivity contribution in [1.82, 2.24) is 5.32 Å². The van der Waals surface area contributed by atoms with E-state index in [4.69, 9.17) is 27.8 Å². The molecule has 64 heavy (non-hydrogen) atoms. The van der Waals surface area contributed by atoms with Crippen molar-refractivity contribution in [3.05, 3.63) is 72.9 Å². The molecule has 0 aliphatic rings. The molecule has 0 heterocycles. The second-order valence-corrected chi connectivity index (χ2v) is 20.7. The highest BCUT2D eigenvalue weighted by atomic mass is 32.2. The van der Waals surface area contributed by atoms with E-state index in [1.807, 2.05) is 12.2 Å². The van der Waals surface area contributed by atoms with Crippen LogP contribution >= 0.6 is 19.6 Å². The van der Waals surface area contributed by atoms with Crippen molar-refractivity contribution in [3.63, 3.8) is 0 Å². The lowest BCUT2D eigenvalue weighted by molar-refractivity contribution is -0.154. The largest absolute Gasteiger partial charge is 0.475 e. The molecular formula is C52H92NO9PS. The zero-order valence-corrected chi connectivity index (χ0v) is 43.3. The van der Waals surface area contributed by atoms with Gasteiger partial charge in [-0.25, -0.2) is 9.36 Å².